The van der Waals surface area contributed by atoms with Gasteiger partial charge in [-0.2, -0.15) is 0 Å². The van der Waals surface area contributed by atoms with Gasteiger partial charge in [0.05, 0.1) is 0 Å². The van der Waals surface area contributed by atoms with E-state index in [-0.39, 0.29) is 5.91 Å². The van der Waals surface area contributed by atoms with Crippen LogP contribution in [-0.2, 0) is 14.3 Å². The fourth-order valence-electron chi connectivity index (χ4n) is 1.15. The van der Waals surface area contributed by atoms with Crippen LogP contribution < -0.4 is 0 Å². The lowest BCUT2D eigenvalue weighted by molar-refractivity contribution is -0.155. The van der Waals surface area contributed by atoms with Crippen molar-refractivity contribution in [1.82, 2.24) is 4.90 Å². The van der Waals surface area contributed by atoms with Crippen molar-refractivity contribution in [3.8, 4) is 0 Å². The highest BCUT2D eigenvalue weighted by atomic mass is 16.5. The number of carbonyl (C=O) groups is 2. The average molecular weight is 231 g/mol. The number of methoxy groups -OCH3 is 1. The number of hydrogen-bond acceptors (Lipinski definition) is 3. The zero-order valence-electron chi connectivity index (χ0n) is 10.4. The molecule has 94 valence electrons. The van der Waals surface area contributed by atoms with Gasteiger partial charge in [0.2, 0.25) is 5.91 Å². The summed E-state index contributed by atoms with van der Waals surface area (Å²) in [6.07, 6.45) is 1.88. The minimum atomic E-state index is -1.15. The van der Waals surface area contributed by atoms with E-state index in [2.05, 4.69) is 0 Å². The predicted molar refractivity (Wildman–Crippen MR) is 60.2 cm³/mol. The number of amides is 1. The van der Waals surface area contributed by atoms with E-state index in [0.29, 0.717) is 19.4 Å². The van der Waals surface area contributed by atoms with E-state index < -0.39 is 11.5 Å². The third kappa shape index (κ3) is 4.18. The molecular weight excluding hydrogens is 210 g/mol. The van der Waals surface area contributed by atoms with Crippen molar-refractivity contribution in [2.75, 3.05) is 20.8 Å². The fraction of sp³-hybridized carbons (Fsp3) is 0.818. The highest BCUT2D eigenvalue weighted by Crippen LogP contribution is 2.14. The summed E-state index contributed by atoms with van der Waals surface area (Å²) >= 11 is 0. The van der Waals surface area contributed by atoms with Gasteiger partial charge >= 0.3 is 5.97 Å². The molecule has 0 saturated carbocycles. The number of carboxylic acids is 1. The molecule has 0 rings (SSSR count). The number of carboxylic acid groups (broad SMARTS) is 1. The molecule has 0 aliphatic rings. The van der Waals surface area contributed by atoms with Crippen LogP contribution in [0.1, 0.15) is 33.1 Å². The first kappa shape index (κ1) is 14.9. The molecule has 5 heteroatoms. The van der Waals surface area contributed by atoms with Gasteiger partial charge in [0.25, 0.3) is 0 Å². The van der Waals surface area contributed by atoms with Gasteiger partial charge in [0, 0.05) is 27.2 Å². The lowest BCUT2D eigenvalue weighted by atomic mass is 10.0. The van der Waals surface area contributed by atoms with Crippen LogP contribution in [0.4, 0.5) is 0 Å². The zero-order chi connectivity index (χ0) is 12.8. The first-order valence-corrected chi connectivity index (χ1v) is 5.33. The quantitative estimate of drug-likeness (QED) is 0.667. The normalized spacial score (nSPS) is 11.2. The Kier molecular flexibility index (Phi) is 6.03. The monoisotopic (exact) mass is 231 g/mol. The largest absolute Gasteiger partial charge is 0.480 e. The van der Waals surface area contributed by atoms with Gasteiger partial charge in [-0.15, -0.1) is 0 Å². The number of carbonyl (C=O) groups excluding carboxylic acids is 1. The molecule has 0 bridgehead atoms. The highest BCUT2D eigenvalue weighted by Gasteiger charge is 2.34. The van der Waals surface area contributed by atoms with Gasteiger partial charge in [0.1, 0.15) is 5.54 Å². The molecule has 0 aliphatic heterocycles. The van der Waals surface area contributed by atoms with Gasteiger partial charge in [-0.1, -0.05) is 0 Å². The molecule has 0 unspecified atom stereocenters. The first-order chi connectivity index (χ1) is 7.34. The summed E-state index contributed by atoms with van der Waals surface area (Å²) in [4.78, 5) is 23.9. The van der Waals surface area contributed by atoms with Crippen molar-refractivity contribution in [2.24, 2.45) is 0 Å². The van der Waals surface area contributed by atoms with Crippen molar-refractivity contribution in [2.45, 2.75) is 38.6 Å². The number of unbranched alkanes of at least 4 members (excludes halogenated alkanes) is 1. The summed E-state index contributed by atoms with van der Waals surface area (Å²) in [6.45, 7) is 3.66. The molecule has 0 heterocycles. The van der Waals surface area contributed by atoms with Crippen LogP contribution in [0, 0.1) is 0 Å². The van der Waals surface area contributed by atoms with Crippen molar-refractivity contribution >= 4 is 11.9 Å². The third-order valence-corrected chi connectivity index (χ3v) is 2.73. The summed E-state index contributed by atoms with van der Waals surface area (Å²) in [6, 6.07) is 0. The maximum atomic E-state index is 11.7. The van der Waals surface area contributed by atoms with Crippen LogP contribution in [0.25, 0.3) is 0 Å². The SMILES string of the molecule is COCCCCC(=O)N(C)C(C)(C)C(=O)O. The summed E-state index contributed by atoms with van der Waals surface area (Å²) < 4.78 is 4.87. The van der Waals surface area contributed by atoms with Gasteiger partial charge in [-0.25, -0.2) is 4.79 Å². The van der Waals surface area contributed by atoms with Gasteiger partial charge in [0.15, 0.2) is 0 Å². The molecule has 5 nitrogen and oxygen atoms in total. The topological polar surface area (TPSA) is 66.8 Å². The van der Waals surface area contributed by atoms with E-state index in [1.54, 1.807) is 7.11 Å². The Morgan fingerprint density at radius 3 is 2.31 bits per heavy atom. The summed E-state index contributed by atoms with van der Waals surface area (Å²) in [5.74, 6) is -1.15. The summed E-state index contributed by atoms with van der Waals surface area (Å²) in [7, 11) is 3.13. The number of aliphatic carboxylic acids is 1. The zero-order valence-corrected chi connectivity index (χ0v) is 10.4. The molecule has 0 saturated heterocycles. The number of likely N-dealkylation sites (N-methyl/N-ethyl adjacent to an activating group) is 1. The number of rotatable bonds is 7. The Hall–Kier alpha value is -1.10. The van der Waals surface area contributed by atoms with Gasteiger partial charge in [-0.3, -0.25) is 4.79 Å². The Morgan fingerprint density at radius 1 is 1.31 bits per heavy atom. The van der Waals surface area contributed by atoms with Crippen LogP contribution in [0.2, 0.25) is 0 Å². The Labute approximate surface area is 96.4 Å². The third-order valence-electron chi connectivity index (χ3n) is 2.73. The van der Waals surface area contributed by atoms with Crippen LogP contribution >= 0.6 is 0 Å². The molecule has 0 spiro atoms. The van der Waals surface area contributed by atoms with Crippen LogP contribution in [-0.4, -0.2) is 48.2 Å². The average Bonchev–Trinajstić information content (AvgIpc) is 2.22. The molecule has 0 aromatic rings. The van der Waals surface area contributed by atoms with E-state index in [1.165, 1.54) is 25.8 Å². The van der Waals surface area contributed by atoms with Crippen LogP contribution in [0.5, 0.6) is 0 Å². The summed E-state index contributed by atoms with van der Waals surface area (Å²) in [5.41, 5.74) is -1.15. The molecule has 0 aliphatic carbocycles. The second-order valence-corrected chi connectivity index (χ2v) is 4.27. The minimum Gasteiger partial charge on any atom is -0.480 e. The Morgan fingerprint density at radius 2 is 1.88 bits per heavy atom. The van der Waals surface area contributed by atoms with Crippen molar-refractivity contribution in [1.29, 1.82) is 0 Å². The molecule has 16 heavy (non-hydrogen) atoms. The molecule has 1 amide bonds. The molecule has 0 radical (unpaired) electrons. The fourth-order valence-corrected chi connectivity index (χ4v) is 1.15. The first-order valence-electron chi connectivity index (χ1n) is 5.33. The second kappa shape index (κ2) is 6.48. The Balaban J connectivity index is 4.13. The lowest BCUT2D eigenvalue weighted by Crippen LogP contribution is -2.50. The lowest BCUT2D eigenvalue weighted by Gasteiger charge is -2.31. The number of hydrogen-bond donors (Lipinski definition) is 1. The minimum absolute atomic E-state index is 0.150. The van der Waals surface area contributed by atoms with Crippen LogP contribution in [0.3, 0.4) is 0 Å². The van der Waals surface area contributed by atoms with Crippen LogP contribution in [0.15, 0.2) is 0 Å². The van der Waals surface area contributed by atoms with Crippen molar-refractivity contribution < 1.29 is 19.4 Å². The summed E-state index contributed by atoms with van der Waals surface area (Å²) in [5, 5.41) is 8.96. The molecule has 1 N–H and O–H groups in total. The molecule has 0 aromatic carbocycles. The van der Waals surface area contributed by atoms with Crippen molar-refractivity contribution in [3.05, 3.63) is 0 Å². The van der Waals surface area contributed by atoms with E-state index in [4.69, 9.17) is 9.84 Å². The molecule has 0 fully saturated rings. The van der Waals surface area contributed by atoms with Crippen molar-refractivity contribution in [3.63, 3.8) is 0 Å². The highest BCUT2D eigenvalue weighted by molar-refractivity contribution is 5.86. The molecular formula is C11H21NO4. The van der Waals surface area contributed by atoms with Gasteiger partial charge < -0.3 is 14.7 Å². The Bertz CT molecular complexity index is 250. The smallest absolute Gasteiger partial charge is 0.329 e. The number of nitrogens with zero attached hydrogens (tertiary/aromatic N) is 1. The van der Waals surface area contributed by atoms with E-state index in [1.807, 2.05) is 0 Å². The number of ether oxygens (including phenoxy) is 1. The van der Waals surface area contributed by atoms with Gasteiger partial charge in [-0.05, 0) is 26.7 Å². The maximum Gasteiger partial charge on any atom is 0.329 e. The second-order valence-electron chi connectivity index (χ2n) is 4.27. The van der Waals surface area contributed by atoms with E-state index >= 15 is 0 Å². The standard InChI is InChI=1S/C11H21NO4/c1-11(2,10(14)15)12(3)9(13)7-5-6-8-16-4/h5-8H2,1-4H3,(H,14,15). The molecule has 0 aromatic heterocycles. The van der Waals surface area contributed by atoms with E-state index in [9.17, 15) is 9.59 Å². The van der Waals surface area contributed by atoms with E-state index in [0.717, 1.165) is 6.42 Å². The predicted octanol–water partition coefficient (Wildman–Crippen LogP) is 1.12. The maximum absolute atomic E-state index is 11.7. The molecule has 0 atom stereocenters.